The molecular weight excluding hydrogens is 421 g/mol. The number of imidazole rings is 1. The van der Waals surface area contributed by atoms with E-state index in [4.69, 9.17) is 0 Å². The van der Waals surface area contributed by atoms with Crippen molar-refractivity contribution in [2.24, 2.45) is 0 Å². The van der Waals surface area contributed by atoms with E-state index in [0.717, 1.165) is 24.3 Å². The Bertz CT molecular complexity index is 1360. The Morgan fingerprint density at radius 3 is 2.70 bits per heavy atom. The molecule has 0 atom stereocenters. The molecule has 0 radical (unpaired) electrons. The second-order valence-corrected chi connectivity index (χ2v) is 8.32. The molecule has 8 nitrogen and oxygen atoms in total. The summed E-state index contributed by atoms with van der Waals surface area (Å²) in [7, 11) is 0. The Morgan fingerprint density at radius 1 is 1.00 bits per heavy atom. The fourth-order valence-corrected chi connectivity index (χ4v) is 4.65. The molecule has 6 rings (SSSR count). The maximum absolute atomic E-state index is 14.1. The van der Waals surface area contributed by atoms with E-state index in [-0.39, 0.29) is 11.6 Å². The van der Waals surface area contributed by atoms with Gasteiger partial charge >= 0.3 is 0 Å². The third kappa shape index (κ3) is 3.36. The molecule has 2 aliphatic heterocycles. The molecule has 2 aliphatic rings. The van der Waals surface area contributed by atoms with Crippen molar-refractivity contribution in [2.45, 2.75) is 25.8 Å². The highest BCUT2D eigenvalue weighted by Crippen LogP contribution is 2.34. The van der Waals surface area contributed by atoms with Crippen LogP contribution >= 0.6 is 0 Å². The number of pyridine rings is 3. The summed E-state index contributed by atoms with van der Waals surface area (Å²) in [5.74, 6) is 0.0529. The molecule has 1 saturated heterocycles. The Balaban J connectivity index is 1.34. The van der Waals surface area contributed by atoms with Gasteiger partial charge in [0.1, 0.15) is 5.82 Å². The van der Waals surface area contributed by atoms with Crippen LogP contribution in [-0.2, 0) is 6.54 Å². The van der Waals surface area contributed by atoms with Gasteiger partial charge < -0.3 is 15.5 Å². The lowest BCUT2D eigenvalue weighted by atomic mass is 10.1. The zero-order valence-corrected chi connectivity index (χ0v) is 17.9. The predicted octanol–water partition coefficient (Wildman–Crippen LogP) is 3.91. The largest absolute Gasteiger partial charge is 0.370 e. The summed E-state index contributed by atoms with van der Waals surface area (Å²) in [5, 5.41) is 6.12. The van der Waals surface area contributed by atoms with Crippen molar-refractivity contribution in [1.82, 2.24) is 24.7 Å². The van der Waals surface area contributed by atoms with Crippen LogP contribution in [0.1, 0.15) is 35.2 Å². The van der Waals surface area contributed by atoms with E-state index < -0.39 is 5.82 Å². The van der Waals surface area contributed by atoms with Crippen LogP contribution in [0.25, 0.3) is 17.0 Å². The van der Waals surface area contributed by atoms with E-state index in [1.807, 2.05) is 12.3 Å². The molecule has 166 valence electrons. The number of piperidine rings is 1. The first-order valence-corrected chi connectivity index (χ1v) is 11.1. The van der Waals surface area contributed by atoms with Gasteiger partial charge in [-0.3, -0.25) is 14.2 Å². The Hall–Kier alpha value is -4.01. The van der Waals surface area contributed by atoms with E-state index in [1.54, 1.807) is 29.1 Å². The number of hydrogen-bond donors (Lipinski definition) is 2. The minimum atomic E-state index is -0.410. The molecule has 9 heteroatoms. The van der Waals surface area contributed by atoms with Crippen LogP contribution in [0.2, 0.25) is 0 Å². The average molecular weight is 443 g/mol. The topological polar surface area (TPSA) is 87.5 Å². The van der Waals surface area contributed by atoms with Crippen molar-refractivity contribution in [3.05, 3.63) is 66.0 Å². The summed E-state index contributed by atoms with van der Waals surface area (Å²) in [6.07, 6.45) is 10.5. The highest BCUT2D eigenvalue weighted by molar-refractivity contribution is 6.05. The van der Waals surface area contributed by atoms with E-state index in [9.17, 15) is 9.18 Å². The van der Waals surface area contributed by atoms with E-state index in [1.165, 1.54) is 25.3 Å². The Labute approximate surface area is 189 Å². The van der Waals surface area contributed by atoms with E-state index in [2.05, 4.69) is 36.6 Å². The van der Waals surface area contributed by atoms with Gasteiger partial charge in [-0.25, -0.2) is 14.4 Å². The van der Waals surface area contributed by atoms with Crippen molar-refractivity contribution in [3.63, 3.8) is 0 Å². The van der Waals surface area contributed by atoms with Crippen molar-refractivity contribution in [2.75, 3.05) is 23.3 Å². The number of rotatable bonds is 4. The van der Waals surface area contributed by atoms with Crippen LogP contribution in [0.4, 0.5) is 21.6 Å². The number of hydrogen-bond acceptors (Lipinski definition) is 6. The second kappa shape index (κ2) is 7.84. The molecule has 0 aromatic carbocycles. The zero-order chi connectivity index (χ0) is 22.4. The van der Waals surface area contributed by atoms with Gasteiger partial charge in [-0.15, -0.1) is 0 Å². The molecule has 4 aromatic rings. The first-order chi connectivity index (χ1) is 16.2. The van der Waals surface area contributed by atoms with Crippen molar-refractivity contribution >= 4 is 28.7 Å². The maximum Gasteiger partial charge on any atom is 0.254 e. The molecule has 0 aliphatic carbocycles. The first kappa shape index (κ1) is 19.7. The van der Waals surface area contributed by atoms with Gasteiger partial charge in [-0.1, -0.05) is 0 Å². The second-order valence-electron chi connectivity index (χ2n) is 8.32. The normalized spacial score (nSPS) is 15.5. The number of nitrogens with zero attached hydrogens (tertiary/aromatic N) is 5. The number of fused-ring (bicyclic) bond motifs is 2. The molecule has 1 amide bonds. The number of amides is 1. The van der Waals surface area contributed by atoms with Crippen molar-refractivity contribution in [1.29, 1.82) is 0 Å². The Morgan fingerprint density at radius 2 is 1.88 bits per heavy atom. The van der Waals surface area contributed by atoms with Crippen LogP contribution < -0.4 is 15.5 Å². The number of nitrogens with one attached hydrogen (secondary N) is 2. The van der Waals surface area contributed by atoms with Crippen molar-refractivity contribution in [3.8, 4) is 11.4 Å². The third-order valence-corrected chi connectivity index (χ3v) is 6.30. The van der Waals surface area contributed by atoms with Gasteiger partial charge in [0.05, 0.1) is 46.9 Å². The lowest BCUT2D eigenvalue weighted by molar-refractivity contribution is 0.0966. The number of carbonyl (C=O) groups is 1. The first-order valence-electron chi connectivity index (χ1n) is 11.1. The van der Waals surface area contributed by atoms with Gasteiger partial charge in [-0.2, -0.15) is 0 Å². The predicted molar refractivity (Wildman–Crippen MR) is 123 cm³/mol. The summed E-state index contributed by atoms with van der Waals surface area (Å²) in [4.78, 5) is 28.4. The summed E-state index contributed by atoms with van der Waals surface area (Å²) >= 11 is 0. The molecule has 4 aromatic heterocycles. The minimum absolute atomic E-state index is 0.180. The fraction of sp³-hybridized carbons (Fsp3) is 0.250. The van der Waals surface area contributed by atoms with Crippen LogP contribution in [-0.4, -0.2) is 38.3 Å². The lowest BCUT2D eigenvalue weighted by Crippen LogP contribution is -2.29. The molecule has 0 bridgehead atoms. The maximum atomic E-state index is 14.1. The fourth-order valence-electron chi connectivity index (χ4n) is 4.65. The molecule has 2 N–H and O–H groups in total. The van der Waals surface area contributed by atoms with Crippen LogP contribution in [0.5, 0.6) is 0 Å². The highest BCUT2D eigenvalue weighted by Gasteiger charge is 2.28. The van der Waals surface area contributed by atoms with Gasteiger partial charge in [0.2, 0.25) is 0 Å². The molecule has 0 spiro atoms. The van der Waals surface area contributed by atoms with Crippen LogP contribution in [0.3, 0.4) is 0 Å². The highest BCUT2D eigenvalue weighted by atomic mass is 19.1. The van der Waals surface area contributed by atoms with Gasteiger partial charge in [0, 0.05) is 31.4 Å². The van der Waals surface area contributed by atoms with Crippen LogP contribution in [0.15, 0.2) is 49.1 Å². The summed E-state index contributed by atoms with van der Waals surface area (Å²) in [6, 6.07) is 6.96. The number of carbonyl (C=O) groups excluding carboxylic acids is 1. The smallest absolute Gasteiger partial charge is 0.254 e. The van der Waals surface area contributed by atoms with Crippen LogP contribution in [0, 0.1) is 5.82 Å². The van der Waals surface area contributed by atoms with E-state index in [0.29, 0.717) is 35.0 Å². The van der Waals surface area contributed by atoms with E-state index >= 15 is 0 Å². The molecule has 6 heterocycles. The number of anilines is 3. The summed E-state index contributed by atoms with van der Waals surface area (Å²) < 4.78 is 15.8. The lowest BCUT2D eigenvalue weighted by Gasteiger charge is -2.28. The molecular formula is C24H22FN7O. The quantitative estimate of drug-likeness (QED) is 0.497. The van der Waals surface area contributed by atoms with Gasteiger partial charge in [-0.05, 0) is 43.5 Å². The SMILES string of the molecule is O=C1NCc2c(-c3cnc4c(F)cccn34)ncc(Nc3ccc(N4CCCCC4)cn3)c21. The number of halogens is 1. The third-order valence-electron chi connectivity index (χ3n) is 6.30. The van der Waals surface area contributed by atoms with Crippen molar-refractivity contribution < 1.29 is 9.18 Å². The van der Waals surface area contributed by atoms with Gasteiger partial charge in [0.15, 0.2) is 11.5 Å². The molecule has 33 heavy (non-hydrogen) atoms. The summed E-state index contributed by atoms with van der Waals surface area (Å²) in [5.41, 5.74) is 4.42. The van der Waals surface area contributed by atoms with Gasteiger partial charge in [0.25, 0.3) is 5.91 Å². The monoisotopic (exact) mass is 443 g/mol. The molecule has 1 fully saturated rings. The number of aromatic nitrogens is 4. The zero-order valence-electron chi connectivity index (χ0n) is 17.9. The summed E-state index contributed by atoms with van der Waals surface area (Å²) in [6.45, 7) is 2.46. The minimum Gasteiger partial charge on any atom is -0.370 e. The molecule has 0 saturated carbocycles. The Kier molecular flexibility index (Phi) is 4.67. The standard InChI is InChI=1S/C24H22FN7O/c25-17-5-4-10-32-19(14-28-23(17)32)22-16-12-29-24(33)21(16)18(13-27-22)30-20-7-6-15(11-26-20)31-8-2-1-3-9-31/h4-7,10-11,13-14H,1-3,8-9,12H2,(H,26,30)(H,29,33). The molecule has 0 unspecified atom stereocenters. The average Bonchev–Trinajstić information content (AvgIpc) is 3.46.